The van der Waals surface area contributed by atoms with E-state index in [0.29, 0.717) is 48.0 Å². The zero-order chi connectivity index (χ0) is 31.0. The van der Waals surface area contributed by atoms with Gasteiger partial charge in [0.25, 0.3) is 21.8 Å². The molecule has 1 aliphatic heterocycles. The first kappa shape index (κ1) is 31.5. The third-order valence-corrected chi connectivity index (χ3v) is 8.15. The van der Waals surface area contributed by atoms with Crippen molar-refractivity contribution in [3.05, 3.63) is 89.5 Å². The maximum atomic E-state index is 13.4. The normalized spacial score (nSPS) is 14.0. The molecule has 0 bridgehead atoms. The van der Waals surface area contributed by atoms with Gasteiger partial charge in [-0.3, -0.25) is 13.9 Å². The van der Waals surface area contributed by atoms with Crippen molar-refractivity contribution in [1.29, 1.82) is 0 Å². The van der Waals surface area contributed by atoms with Gasteiger partial charge in [0, 0.05) is 13.1 Å². The van der Waals surface area contributed by atoms with E-state index in [-0.39, 0.29) is 23.1 Å². The number of nitrogens with zero attached hydrogens (tertiary/aromatic N) is 3. The molecule has 43 heavy (non-hydrogen) atoms. The molecule has 0 unspecified atom stereocenters. The fourth-order valence-electron chi connectivity index (χ4n) is 4.03. The van der Waals surface area contributed by atoms with Gasteiger partial charge in [-0.1, -0.05) is 23.8 Å². The van der Waals surface area contributed by atoms with E-state index in [9.17, 15) is 31.2 Å². The predicted octanol–water partition coefficient (Wildman–Crippen LogP) is 3.60. The van der Waals surface area contributed by atoms with E-state index >= 15 is 0 Å². The Labute approximate surface area is 246 Å². The van der Waals surface area contributed by atoms with E-state index in [2.05, 4.69) is 10.5 Å². The van der Waals surface area contributed by atoms with Crippen molar-refractivity contribution in [1.82, 2.24) is 10.3 Å². The van der Waals surface area contributed by atoms with Crippen LogP contribution in [0.15, 0.2) is 82.8 Å². The third kappa shape index (κ3) is 8.55. The van der Waals surface area contributed by atoms with Gasteiger partial charge in [0.2, 0.25) is 0 Å². The monoisotopic (exact) mass is 618 g/mol. The fraction of sp³-hybridized carbons (Fsp3) is 0.276. The Bertz CT molecular complexity index is 1560. The maximum Gasteiger partial charge on any atom is 0.416 e. The van der Waals surface area contributed by atoms with Gasteiger partial charge in [-0.25, -0.2) is 13.8 Å². The average Bonchev–Trinajstić information content (AvgIpc) is 2.99. The molecule has 3 aromatic carbocycles. The van der Waals surface area contributed by atoms with Gasteiger partial charge in [-0.05, 0) is 67.1 Å². The summed E-state index contributed by atoms with van der Waals surface area (Å²) in [6.45, 7) is 2.79. The number of ether oxygens (including phenoxy) is 2. The van der Waals surface area contributed by atoms with Crippen molar-refractivity contribution in [2.75, 3.05) is 43.8 Å². The summed E-state index contributed by atoms with van der Waals surface area (Å²) >= 11 is 0. The summed E-state index contributed by atoms with van der Waals surface area (Å²) in [5.74, 6) is -0.591. The molecular weight excluding hydrogens is 589 g/mol. The zero-order valence-electron chi connectivity index (χ0n) is 23.1. The number of rotatable bonds is 10. The van der Waals surface area contributed by atoms with Crippen LogP contribution in [0.25, 0.3) is 0 Å². The molecule has 0 atom stereocenters. The van der Waals surface area contributed by atoms with Crippen molar-refractivity contribution >= 4 is 33.7 Å². The molecule has 1 aliphatic rings. The molecule has 2 amide bonds. The summed E-state index contributed by atoms with van der Waals surface area (Å²) < 4.78 is 78.3. The molecule has 0 aromatic heterocycles. The lowest BCUT2D eigenvalue weighted by atomic mass is 10.2. The van der Waals surface area contributed by atoms with Crippen molar-refractivity contribution in [2.45, 2.75) is 18.0 Å². The number of benzene rings is 3. The molecule has 1 fully saturated rings. The van der Waals surface area contributed by atoms with Crippen LogP contribution in [0, 0.1) is 6.92 Å². The van der Waals surface area contributed by atoms with Crippen LogP contribution in [0.5, 0.6) is 5.75 Å². The summed E-state index contributed by atoms with van der Waals surface area (Å²) in [7, 11) is -4.42. The second-order valence-corrected chi connectivity index (χ2v) is 11.4. The van der Waals surface area contributed by atoms with E-state index in [4.69, 9.17) is 9.47 Å². The number of nitrogens with one attached hydrogen (secondary N) is 1. The second-order valence-electron chi connectivity index (χ2n) is 9.52. The number of aryl methyl sites for hydroxylation is 1. The molecule has 1 saturated heterocycles. The van der Waals surface area contributed by atoms with E-state index in [1.165, 1.54) is 24.4 Å². The quantitative estimate of drug-likeness (QED) is 0.274. The summed E-state index contributed by atoms with van der Waals surface area (Å²) in [4.78, 5) is 26.4. The van der Waals surface area contributed by atoms with Crippen LogP contribution < -0.4 is 14.5 Å². The number of hydrogen-bond acceptors (Lipinski definition) is 7. The van der Waals surface area contributed by atoms with Crippen LogP contribution in [-0.2, 0) is 30.5 Å². The summed E-state index contributed by atoms with van der Waals surface area (Å²) in [5, 5.41) is 3.84. The molecule has 0 radical (unpaired) electrons. The minimum atomic E-state index is -4.72. The smallest absolute Gasteiger partial charge is 0.416 e. The van der Waals surface area contributed by atoms with Crippen molar-refractivity contribution in [3.63, 3.8) is 0 Å². The lowest BCUT2D eigenvalue weighted by Gasteiger charge is -2.26. The van der Waals surface area contributed by atoms with Gasteiger partial charge in [0.15, 0.2) is 6.61 Å². The van der Waals surface area contributed by atoms with E-state index in [1.54, 1.807) is 48.2 Å². The van der Waals surface area contributed by atoms with Gasteiger partial charge in [-0.15, -0.1) is 0 Å². The first-order chi connectivity index (χ1) is 20.4. The molecular formula is C29H29F3N4O6S. The topological polar surface area (TPSA) is 118 Å². The highest BCUT2D eigenvalue weighted by atomic mass is 32.2. The van der Waals surface area contributed by atoms with E-state index < -0.39 is 34.2 Å². The van der Waals surface area contributed by atoms with Crippen molar-refractivity contribution < 1.29 is 40.7 Å². The number of morpholine rings is 1. The Hall–Kier alpha value is -4.43. The van der Waals surface area contributed by atoms with Crippen LogP contribution in [0.4, 0.5) is 18.9 Å². The van der Waals surface area contributed by atoms with Crippen LogP contribution in [0.2, 0.25) is 0 Å². The van der Waals surface area contributed by atoms with Crippen LogP contribution in [-0.4, -0.2) is 70.8 Å². The third-order valence-electron chi connectivity index (χ3n) is 6.37. The Kier molecular flexibility index (Phi) is 10.0. The predicted molar refractivity (Wildman–Crippen MR) is 152 cm³/mol. The Balaban J connectivity index is 1.42. The molecule has 4 rings (SSSR count). The molecule has 1 heterocycles. The molecule has 14 heteroatoms. The van der Waals surface area contributed by atoms with Crippen LogP contribution >= 0.6 is 0 Å². The minimum absolute atomic E-state index is 0.128. The number of anilines is 1. The number of amides is 2. The number of carbonyl (C=O) groups excluding carboxylic acids is 2. The SMILES string of the molecule is Cc1ccc(S(=O)(=O)N(CC(=O)N/N=C\c2ccc(OCC(=O)N3CCOCC3)cc2)c2cccc(C(F)(F)F)c2)cc1. The van der Waals surface area contributed by atoms with Crippen LogP contribution in [0.1, 0.15) is 16.7 Å². The lowest BCUT2D eigenvalue weighted by molar-refractivity contribution is -0.138. The number of alkyl halides is 3. The number of carbonyl (C=O) groups is 2. The molecule has 0 saturated carbocycles. The Morgan fingerprint density at radius 1 is 1.05 bits per heavy atom. The first-order valence-electron chi connectivity index (χ1n) is 13.1. The highest BCUT2D eigenvalue weighted by Gasteiger charge is 2.33. The number of hydrazone groups is 1. The van der Waals surface area contributed by atoms with Gasteiger partial charge < -0.3 is 14.4 Å². The van der Waals surface area contributed by atoms with Gasteiger partial charge in [-0.2, -0.15) is 18.3 Å². The minimum Gasteiger partial charge on any atom is -0.484 e. The molecule has 10 nitrogen and oxygen atoms in total. The first-order valence-corrected chi connectivity index (χ1v) is 14.5. The summed E-state index contributed by atoms with van der Waals surface area (Å²) in [6.07, 6.45) is -3.43. The van der Waals surface area contributed by atoms with Gasteiger partial charge in [0.1, 0.15) is 12.3 Å². The summed E-state index contributed by atoms with van der Waals surface area (Å²) in [5.41, 5.74) is 2.14. The second kappa shape index (κ2) is 13.7. The van der Waals surface area contributed by atoms with E-state index in [1.807, 2.05) is 0 Å². The van der Waals surface area contributed by atoms with Crippen molar-refractivity contribution in [2.24, 2.45) is 5.10 Å². The number of sulfonamides is 1. The number of hydrogen-bond donors (Lipinski definition) is 1. The molecule has 3 aromatic rings. The lowest BCUT2D eigenvalue weighted by Crippen LogP contribution is -2.42. The maximum absolute atomic E-state index is 13.4. The highest BCUT2D eigenvalue weighted by Crippen LogP contribution is 2.33. The fourth-order valence-corrected chi connectivity index (χ4v) is 5.45. The van der Waals surface area contributed by atoms with E-state index in [0.717, 1.165) is 17.7 Å². The standard InChI is InChI=1S/C29H29F3N4O6S/c1-21-5-11-26(12-6-21)43(39,40)36(24-4-2-3-23(17-24)29(30,31)32)19-27(37)34-33-18-22-7-9-25(10-8-22)42-20-28(38)35-13-15-41-16-14-35/h2-12,17-18H,13-16,19-20H2,1H3,(H,34,37)/b33-18-. The van der Waals surface area contributed by atoms with Crippen molar-refractivity contribution in [3.8, 4) is 5.75 Å². The zero-order valence-corrected chi connectivity index (χ0v) is 23.9. The molecule has 228 valence electrons. The average molecular weight is 619 g/mol. The van der Waals surface area contributed by atoms with Gasteiger partial charge in [0.05, 0.1) is 35.6 Å². The van der Waals surface area contributed by atoms with Crippen LogP contribution in [0.3, 0.4) is 0 Å². The Morgan fingerprint density at radius 3 is 2.37 bits per heavy atom. The largest absolute Gasteiger partial charge is 0.484 e. The Morgan fingerprint density at radius 2 is 1.72 bits per heavy atom. The molecule has 0 aliphatic carbocycles. The summed E-state index contributed by atoms with van der Waals surface area (Å²) in [6, 6.07) is 15.9. The van der Waals surface area contributed by atoms with Gasteiger partial charge >= 0.3 is 6.18 Å². The molecule has 1 N–H and O–H groups in total. The molecule has 0 spiro atoms. The highest BCUT2D eigenvalue weighted by molar-refractivity contribution is 7.92. The number of halogens is 3.